The van der Waals surface area contributed by atoms with Crippen LogP contribution in [0.4, 0.5) is 24.5 Å². The fraction of sp³-hybridized carbons (Fsp3) is 0.250. The number of hydrogen-bond acceptors (Lipinski definition) is 4. The van der Waals surface area contributed by atoms with Gasteiger partial charge in [0.15, 0.2) is 6.61 Å². The number of ether oxygens (including phenoxy) is 1. The minimum absolute atomic E-state index is 0.0668. The Labute approximate surface area is 188 Å². The van der Waals surface area contributed by atoms with Crippen molar-refractivity contribution in [2.45, 2.75) is 12.6 Å². The fourth-order valence-corrected chi connectivity index (χ4v) is 3.50. The molecule has 11 heteroatoms. The number of rotatable bonds is 5. The molecular weight excluding hydrogens is 505 g/mol. The quantitative estimate of drug-likeness (QED) is 0.583. The lowest BCUT2D eigenvalue weighted by molar-refractivity contribution is -0.151. The van der Waals surface area contributed by atoms with E-state index in [1.807, 2.05) is 0 Å². The second-order valence-electron chi connectivity index (χ2n) is 6.73. The molecule has 0 unspecified atom stereocenters. The molecule has 2 aromatic carbocycles. The molecule has 0 aliphatic carbocycles. The third-order valence-electron chi connectivity index (χ3n) is 4.50. The van der Waals surface area contributed by atoms with Crippen molar-refractivity contribution in [1.82, 2.24) is 0 Å². The van der Waals surface area contributed by atoms with E-state index in [0.717, 1.165) is 10.5 Å². The molecule has 31 heavy (non-hydrogen) atoms. The zero-order chi connectivity index (χ0) is 22.8. The molecule has 2 aromatic rings. The topological polar surface area (TPSA) is 75.7 Å². The highest BCUT2D eigenvalue weighted by Crippen LogP contribution is 2.36. The minimum atomic E-state index is -4.68. The Bertz CT molecular complexity index is 1010. The molecule has 1 aliphatic rings. The fourth-order valence-electron chi connectivity index (χ4n) is 3.01. The maximum absolute atomic E-state index is 12.9. The van der Waals surface area contributed by atoms with Crippen LogP contribution < -0.4 is 10.2 Å². The van der Waals surface area contributed by atoms with Crippen LogP contribution in [-0.2, 0) is 25.3 Å². The van der Waals surface area contributed by atoms with E-state index >= 15 is 0 Å². The molecule has 0 bridgehead atoms. The SMILES string of the molecule is O=C(COC(=O)[C@@H]1CC(=O)N(c2ccc(Br)cc2)C1)Nc1ccc(Cl)c(C(F)(F)F)c1. The minimum Gasteiger partial charge on any atom is -0.455 e. The molecule has 1 atom stereocenters. The van der Waals surface area contributed by atoms with Crippen LogP contribution in [0.3, 0.4) is 0 Å². The number of alkyl halides is 3. The number of carbonyl (C=O) groups excluding carboxylic acids is 3. The van der Waals surface area contributed by atoms with Crippen molar-refractivity contribution in [3.05, 3.63) is 57.5 Å². The van der Waals surface area contributed by atoms with Gasteiger partial charge in [-0.15, -0.1) is 0 Å². The molecule has 1 saturated heterocycles. The number of benzene rings is 2. The first-order valence-corrected chi connectivity index (χ1v) is 10.1. The van der Waals surface area contributed by atoms with E-state index in [0.29, 0.717) is 11.8 Å². The predicted octanol–water partition coefficient (Wildman–Crippen LogP) is 4.66. The van der Waals surface area contributed by atoms with Gasteiger partial charge >= 0.3 is 12.1 Å². The van der Waals surface area contributed by atoms with E-state index in [2.05, 4.69) is 21.2 Å². The summed E-state index contributed by atoms with van der Waals surface area (Å²) in [5, 5.41) is 1.72. The Morgan fingerprint density at radius 3 is 2.52 bits per heavy atom. The zero-order valence-electron chi connectivity index (χ0n) is 15.7. The van der Waals surface area contributed by atoms with E-state index in [-0.39, 0.29) is 24.6 Å². The van der Waals surface area contributed by atoms with Gasteiger partial charge in [0.1, 0.15) is 0 Å². The molecule has 2 amide bonds. The summed E-state index contributed by atoms with van der Waals surface area (Å²) in [4.78, 5) is 37.9. The molecule has 0 spiro atoms. The molecule has 3 rings (SSSR count). The van der Waals surface area contributed by atoms with E-state index in [1.54, 1.807) is 24.3 Å². The van der Waals surface area contributed by atoms with Crippen LogP contribution in [0.1, 0.15) is 12.0 Å². The molecule has 1 fully saturated rings. The molecule has 164 valence electrons. The molecule has 0 radical (unpaired) electrons. The van der Waals surface area contributed by atoms with Crippen LogP contribution >= 0.6 is 27.5 Å². The van der Waals surface area contributed by atoms with Gasteiger partial charge in [0.2, 0.25) is 5.91 Å². The lowest BCUT2D eigenvalue weighted by Crippen LogP contribution is -2.28. The van der Waals surface area contributed by atoms with E-state index < -0.39 is 41.2 Å². The summed E-state index contributed by atoms with van der Waals surface area (Å²) in [6.07, 6.45) is -4.75. The highest BCUT2D eigenvalue weighted by molar-refractivity contribution is 9.10. The zero-order valence-corrected chi connectivity index (χ0v) is 18.1. The third kappa shape index (κ3) is 5.76. The molecule has 0 saturated carbocycles. The van der Waals surface area contributed by atoms with Gasteiger partial charge in [-0.25, -0.2) is 0 Å². The first-order valence-electron chi connectivity index (χ1n) is 8.94. The largest absolute Gasteiger partial charge is 0.455 e. The average Bonchev–Trinajstić information content (AvgIpc) is 3.09. The van der Waals surface area contributed by atoms with Crippen molar-refractivity contribution in [1.29, 1.82) is 0 Å². The summed E-state index contributed by atoms with van der Waals surface area (Å²) < 4.78 is 44.5. The van der Waals surface area contributed by atoms with Gasteiger partial charge in [0.25, 0.3) is 5.91 Å². The van der Waals surface area contributed by atoms with Gasteiger partial charge in [-0.05, 0) is 42.5 Å². The van der Waals surface area contributed by atoms with Gasteiger partial charge in [0.05, 0.1) is 16.5 Å². The summed E-state index contributed by atoms with van der Waals surface area (Å²) >= 11 is 8.83. The average molecular weight is 520 g/mol. The Hall–Kier alpha value is -2.59. The lowest BCUT2D eigenvalue weighted by atomic mass is 10.1. The predicted molar refractivity (Wildman–Crippen MR) is 111 cm³/mol. The van der Waals surface area contributed by atoms with Crippen LogP contribution in [0, 0.1) is 5.92 Å². The molecule has 1 N–H and O–H groups in total. The summed E-state index contributed by atoms with van der Waals surface area (Å²) in [6, 6.07) is 9.87. The maximum atomic E-state index is 12.9. The first-order chi connectivity index (χ1) is 14.5. The van der Waals surface area contributed by atoms with Crippen molar-refractivity contribution in [3.8, 4) is 0 Å². The van der Waals surface area contributed by atoms with E-state index in [9.17, 15) is 27.6 Å². The number of hydrogen-bond donors (Lipinski definition) is 1. The van der Waals surface area contributed by atoms with E-state index in [4.69, 9.17) is 16.3 Å². The van der Waals surface area contributed by atoms with Crippen molar-refractivity contribution in [2.24, 2.45) is 5.92 Å². The van der Waals surface area contributed by atoms with Gasteiger partial charge in [-0.1, -0.05) is 27.5 Å². The normalized spacial score (nSPS) is 16.4. The highest BCUT2D eigenvalue weighted by Gasteiger charge is 2.36. The highest BCUT2D eigenvalue weighted by atomic mass is 79.9. The van der Waals surface area contributed by atoms with Gasteiger partial charge < -0.3 is 15.0 Å². The number of anilines is 2. The lowest BCUT2D eigenvalue weighted by Gasteiger charge is -2.16. The van der Waals surface area contributed by atoms with Crippen molar-refractivity contribution >= 4 is 56.7 Å². The Kier molecular flexibility index (Phi) is 6.90. The second-order valence-corrected chi connectivity index (χ2v) is 8.05. The van der Waals surface area contributed by atoms with Crippen molar-refractivity contribution in [3.63, 3.8) is 0 Å². The van der Waals surface area contributed by atoms with Crippen LogP contribution in [0.2, 0.25) is 5.02 Å². The Balaban J connectivity index is 1.54. The number of amides is 2. The monoisotopic (exact) mass is 518 g/mol. The number of halogens is 5. The number of esters is 1. The Morgan fingerprint density at radius 2 is 1.87 bits per heavy atom. The molecule has 6 nitrogen and oxygen atoms in total. The van der Waals surface area contributed by atoms with Gasteiger partial charge in [-0.2, -0.15) is 13.2 Å². The van der Waals surface area contributed by atoms with Gasteiger partial charge in [-0.3, -0.25) is 14.4 Å². The van der Waals surface area contributed by atoms with Crippen molar-refractivity contribution < 1.29 is 32.3 Å². The van der Waals surface area contributed by atoms with Crippen molar-refractivity contribution in [2.75, 3.05) is 23.4 Å². The second kappa shape index (κ2) is 9.27. The standard InChI is InChI=1S/C20H15BrClF3N2O4/c21-12-1-4-14(5-2-12)27-9-11(7-18(27)29)19(30)31-10-17(28)26-13-3-6-16(22)15(8-13)20(23,24)25/h1-6,8,11H,7,9-10H2,(H,26,28)/t11-/m1/s1. The first kappa shape index (κ1) is 23.1. The van der Waals surface area contributed by atoms with Crippen LogP contribution in [0.15, 0.2) is 46.9 Å². The van der Waals surface area contributed by atoms with Crippen LogP contribution in [-0.4, -0.2) is 30.9 Å². The van der Waals surface area contributed by atoms with Crippen LogP contribution in [0.5, 0.6) is 0 Å². The van der Waals surface area contributed by atoms with E-state index in [1.165, 1.54) is 11.0 Å². The summed E-state index contributed by atoms with van der Waals surface area (Å²) in [5.74, 6) is -2.57. The third-order valence-corrected chi connectivity index (χ3v) is 5.36. The Morgan fingerprint density at radius 1 is 1.19 bits per heavy atom. The molecule has 1 aliphatic heterocycles. The molecular formula is C20H15BrClF3N2O4. The summed E-state index contributed by atoms with van der Waals surface area (Å²) in [5.41, 5.74) is -0.610. The number of nitrogens with zero attached hydrogens (tertiary/aromatic N) is 1. The van der Waals surface area contributed by atoms with Gasteiger partial charge in [0, 0.05) is 28.8 Å². The summed E-state index contributed by atoms with van der Waals surface area (Å²) in [7, 11) is 0. The smallest absolute Gasteiger partial charge is 0.417 e. The molecule has 1 heterocycles. The number of nitrogens with one attached hydrogen (secondary N) is 1. The summed E-state index contributed by atoms with van der Waals surface area (Å²) in [6.45, 7) is -0.598. The maximum Gasteiger partial charge on any atom is 0.417 e. The number of carbonyl (C=O) groups is 3. The molecule has 0 aromatic heterocycles. The van der Waals surface area contributed by atoms with Crippen LogP contribution in [0.25, 0.3) is 0 Å².